The molecule has 78 valence electrons. The lowest BCUT2D eigenvalue weighted by Gasteiger charge is -1.99. The molecular formula is C8H6N2O5. The highest BCUT2D eigenvalue weighted by atomic mass is 16.7. The summed E-state index contributed by atoms with van der Waals surface area (Å²) in [4.78, 5) is 10.1. The maximum atomic E-state index is 10.7. The van der Waals surface area contributed by atoms with Gasteiger partial charge in [0.15, 0.2) is 11.5 Å². The van der Waals surface area contributed by atoms with Crippen molar-refractivity contribution in [2.75, 3.05) is 6.79 Å². The van der Waals surface area contributed by atoms with Gasteiger partial charge in [-0.2, -0.15) is 0 Å². The summed E-state index contributed by atoms with van der Waals surface area (Å²) in [6, 6.07) is 2.62. The second-order valence-electron chi connectivity index (χ2n) is 2.77. The molecule has 1 N–H and O–H groups in total. The number of benzene rings is 1. The van der Waals surface area contributed by atoms with Gasteiger partial charge >= 0.3 is 0 Å². The molecule has 0 saturated carbocycles. The van der Waals surface area contributed by atoms with E-state index in [1.165, 1.54) is 12.1 Å². The van der Waals surface area contributed by atoms with Crippen molar-refractivity contribution in [2.45, 2.75) is 0 Å². The topological polar surface area (TPSA) is 94.2 Å². The molecule has 1 heterocycles. The Morgan fingerprint density at radius 1 is 1.47 bits per heavy atom. The average molecular weight is 210 g/mol. The second-order valence-corrected chi connectivity index (χ2v) is 2.77. The Hall–Kier alpha value is -2.31. The molecule has 0 bridgehead atoms. The standard InChI is InChI=1S/C8H6N2O5/c11-9-3-5-1-7-8(15-4-14-7)2-6(5)10(12)13/h1-3,11H,4H2/b9-3-. The number of ether oxygens (including phenoxy) is 2. The molecule has 0 fully saturated rings. The number of rotatable bonds is 2. The van der Waals surface area contributed by atoms with Crippen molar-refractivity contribution in [2.24, 2.45) is 5.16 Å². The van der Waals surface area contributed by atoms with Crippen LogP contribution in [0.2, 0.25) is 0 Å². The first-order chi connectivity index (χ1) is 7.22. The minimum Gasteiger partial charge on any atom is -0.454 e. The molecule has 1 aromatic carbocycles. The fraction of sp³-hybridized carbons (Fsp3) is 0.125. The van der Waals surface area contributed by atoms with Gasteiger partial charge in [0.1, 0.15) is 0 Å². The van der Waals surface area contributed by atoms with Gasteiger partial charge in [0.05, 0.1) is 22.8 Å². The van der Waals surface area contributed by atoms with Crippen LogP contribution in [0.15, 0.2) is 17.3 Å². The van der Waals surface area contributed by atoms with E-state index >= 15 is 0 Å². The molecule has 0 amide bonds. The molecule has 0 aromatic heterocycles. The molecule has 0 spiro atoms. The fourth-order valence-corrected chi connectivity index (χ4v) is 1.27. The minimum atomic E-state index is -0.584. The number of nitrogens with zero attached hydrogens (tertiary/aromatic N) is 2. The molecule has 0 atom stereocenters. The number of nitro groups is 1. The van der Waals surface area contributed by atoms with Crippen LogP contribution in [0.1, 0.15) is 5.56 Å². The first-order valence-electron chi connectivity index (χ1n) is 3.98. The summed E-state index contributed by atoms with van der Waals surface area (Å²) in [6.07, 6.45) is 0.972. The van der Waals surface area contributed by atoms with E-state index in [-0.39, 0.29) is 18.0 Å². The summed E-state index contributed by atoms with van der Waals surface area (Å²) >= 11 is 0. The molecule has 7 nitrogen and oxygen atoms in total. The highest BCUT2D eigenvalue weighted by Gasteiger charge is 2.22. The Kier molecular flexibility index (Phi) is 2.13. The van der Waals surface area contributed by atoms with Gasteiger partial charge in [-0.3, -0.25) is 10.1 Å². The van der Waals surface area contributed by atoms with Crippen LogP contribution in [-0.2, 0) is 0 Å². The quantitative estimate of drug-likeness (QED) is 0.341. The lowest BCUT2D eigenvalue weighted by atomic mass is 10.1. The molecule has 2 rings (SSSR count). The Bertz CT molecular complexity index is 443. The van der Waals surface area contributed by atoms with E-state index in [0.717, 1.165) is 6.21 Å². The molecule has 0 unspecified atom stereocenters. The smallest absolute Gasteiger partial charge is 0.282 e. The summed E-state index contributed by atoms with van der Waals surface area (Å²) in [5, 5.41) is 21.8. The maximum Gasteiger partial charge on any atom is 0.282 e. The molecule has 1 aliphatic rings. The number of hydrogen-bond donors (Lipinski definition) is 1. The summed E-state index contributed by atoms with van der Waals surface area (Å²) in [7, 11) is 0. The van der Waals surface area contributed by atoms with Crippen LogP contribution in [-0.4, -0.2) is 23.1 Å². The lowest BCUT2D eigenvalue weighted by Crippen LogP contribution is -1.94. The summed E-state index contributed by atoms with van der Waals surface area (Å²) in [5.74, 6) is 0.715. The van der Waals surface area contributed by atoms with E-state index in [1.807, 2.05) is 0 Å². The van der Waals surface area contributed by atoms with Crippen LogP contribution in [0.25, 0.3) is 0 Å². The number of nitro benzene ring substituents is 1. The van der Waals surface area contributed by atoms with Gasteiger partial charge in [-0.25, -0.2) is 0 Å². The van der Waals surface area contributed by atoms with Crippen molar-refractivity contribution in [3.8, 4) is 11.5 Å². The molecule has 0 radical (unpaired) electrons. The lowest BCUT2D eigenvalue weighted by molar-refractivity contribution is -0.385. The number of fused-ring (bicyclic) bond motifs is 1. The molecule has 1 aromatic rings. The Morgan fingerprint density at radius 2 is 2.13 bits per heavy atom. The normalized spacial score (nSPS) is 13.3. The summed E-state index contributed by atoms with van der Waals surface area (Å²) in [6.45, 7) is 0.0339. The predicted octanol–water partition coefficient (Wildman–Crippen LogP) is 1.13. The molecule has 7 heteroatoms. The Morgan fingerprint density at radius 3 is 2.73 bits per heavy atom. The summed E-state index contributed by atoms with van der Waals surface area (Å²) in [5.41, 5.74) is -0.0381. The van der Waals surface area contributed by atoms with E-state index in [2.05, 4.69) is 5.16 Å². The van der Waals surface area contributed by atoms with Crippen LogP contribution < -0.4 is 9.47 Å². The predicted molar refractivity (Wildman–Crippen MR) is 48.6 cm³/mol. The van der Waals surface area contributed by atoms with Crippen LogP contribution in [0.3, 0.4) is 0 Å². The zero-order chi connectivity index (χ0) is 10.8. The van der Waals surface area contributed by atoms with E-state index in [1.54, 1.807) is 0 Å². The third-order valence-corrected chi connectivity index (χ3v) is 1.92. The van der Waals surface area contributed by atoms with E-state index in [4.69, 9.17) is 14.7 Å². The first-order valence-corrected chi connectivity index (χ1v) is 3.98. The van der Waals surface area contributed by atoms with Crippen LogP contribution in [0.5, 0.6) is 11.5 Å². The second kappa shape index (κ2) is 3.45. The maximum absolute atomic E-state index is 10.7. The third-order valence-electron chi connectivity index (χ3n) is 1.92. The SMILES string of the molecule is O=[N+]([O-])c1cc2c(cc1/C=N\O)OCO2. The zero-order valence-electron chi connectivity index (χ0n) is 7.41. The van der Waals surface area contributed by atoms with Crippen molar-refractivity contribution in [1.29, 1.82) is 0 Å². The minimum absolute atomic E-state index is 0.0339. The first kappa shape index (κ1) is 9.25. The average Bonchev–Trinajstić information content (AvgIpc) is 2.63. The van der Waals surface area contributed by atoms with Crippen LogP contribution in [0, 0.1) is 10.1 Å². The van der Waals surface area contributed by atoms with Gasteiger partial charge in [-0.1, -0.05) is 5.16 Å². The number of hydrogen-bond acceptors (Lipinski definition) is 6. The van der Waals surface area contributed by atoms with Crippen molar-refractivity contribution >= 4 is 11.9 Å². The monoisotopic (exact) mass is 210 g/mol. The van der Waals surface area contributed by atoms with E-state index in [9.17, 15) is 10.1 Å². The van der Waals surface area contributed by atoms with Crippen LogP contribution in [0.4, 0.5) is 5.69 Å². The van der Waals surface area contributed by atoms with Crippen molar-refractivity contribution in [3.63, 3.8) is 0 Å². The summed E-state index contributed by atoms with van der Waals surface area (Å²) < 4.78 is 10.0. The molecule has 0 aliphatic carbocycles. The molecule has 1 aliphatic heterocycles. The Balaban J connectivity index is 2.56. The van der Waals surface area contributed by atoms with Crippen molar-refractivity contribution < 1.29 is 19.6 Å². The van der Waals surface area contributed by atoms with Crippen LogP contribution >= 0.6 is 0 Å². The van der Waals surface area contributed by atoms with Gasteiger partial charge in [0.2, 0.25) is 6.79 Å². The largest absolute Gasteiger partial charge is 0.454 e. The molecular weight excluding hydrogens is 204 g/mol. The fourth-order valence-electron chi connectivity index (χ4n) is 1.27. The van der Waals surface area contributed by atoms with Crippen molar-refractivity contribution in [3.05, 3.63) is 27.8 Å². The van der Waals surface area contributed by atoms with Crippen molar-refractivity contribution in [1.82, 2.24) is 0 Å². The zero-order valence-corrected chi connectivity index (χ0v) is 7.41. The highest BCUT2D eigenvalue weighted by Crippen LogP contribution is 2.37. The number of oxime groups is 1. The van der Waals surface area contributed by atoms with Gasteiger partial charge in [0, 0.05) is 0 Å². The van der Waals surface area contributed by atoms with Gasteiger partial charge < -0.3 is 14.7 Å². The van der Waals surface area contributed by atoms with Gasteiger partial charge in [-0.05, 0) is 6.07 Å². The third kappa shape index (κ3) is 1.54. The van der Waals surface area contributed by atoms with Gasteiger partial charge in [0.25, 0.3) is 5.69 Å². The molecule has 0 saturated heterocycles. The van der Waals surface area contributed by atoms with Gasteiger partial charge in [-0.15, -0.1) is 0 Å². The highest BCUT2D eigenvalue weighted by molar-refractivity contribution is 5.86. The van der Waals surface area contributed by atoms with E-state index in [0.29, 0.717) is 11.5 Å². The Labute approximate surface area is 83.7 Å². The molecule has 15 heavy (non-hydrogen) atoms. The van der Waals surface area contributed by atoms with E-state index < -0.39 is 4.92 Å².